The SMILES string of the molecule is COc1ccc(-c2cn3cc(-c4ccc5c(c4)OCO5)n(C)c3n2)cc1. The van der Waals surface area contributed by atoms with E-state index in [2.05, 4.69) is 10.8 Å². The number of imidazole rings is 2. The van der Waals surface area contributed by atoms with Gasteiger partial charge in [-0.25, -0.2) is 4.98 Å². The largest absolute Gasteiger partial charge is 0.497 e. The maximum Gasteiger partial charge on any atom is 0.231 e. The summed E-state index contributed by atoms with van der Waals surface area (Å²) in [6, 6.07) is 13.9. The summed E-state index contributed by atoms with van der Waals surface area (Å²) in [4.78, 5) is 4.79. The zero-order chi connectivity index (χ0) is 17.7. The number of rotatable bonds is 3. The highest BCUT2D eigenvalue weighted by Crippen LogP contribution is 2.36. The molecule has 1 aliphatic heterocycles. The van der Waals surface area contributed by atoms with E-state index in [1.54, 1.807) is 7.11 Å². The zero-order valence-corrected chi connectivity index (χ0v) is 14.5. The van der Waals surface area contributed by atoms with Crippen LogP contribution in [0, 0.1) is 0 Å². The molecule has 0 spiro atoms. The molecule has 4 aromatic rings. The first kappa shape index (κ1) is 14.9. The van der Waals surface area contributed by atoms with Crippen LogP contribution in [0.3, 0.4) is 0 Å². The number of benzene rings is 2. The second-order valence-electron chi connectivity index (χ2n) is 6.20. The van der Waals surface area contributed by atoms with Gasteiger partial charge in [-0.15, -0.1) is 0 Å². The lowest BCUT2D eigenvalue weighted by molar-refractivity contribution is 0.174. The molecule has 0 atom stereocenters. The van der Waals surface area contributed by atoms with Crippen LogP contribution in [0.4, 0.5) is 0 Å². The molecule has 5 rings (SSSR count). The van der Waals surface area contributed by atoms with Gasteiger partial charge in [0.2, 0.25) is 12.6 Å². The molecule has 0 fully saturated rings. The first-order valence-electron chi connectivity index (χ1n) is 8.32. The van der Waals surface area contributed by atoms with Crippen molar-refractivity contribution < 1.29 is 14.2 Å². The third-order valence-corrected chi connectivity index (χ3v) is 4.69. The number of nitrogens with zero attached hydrogens (tertiary/aromatic N) is 3. The molecule has 0 amide bonds. The van der Waals surface area contributed by atoms with Crippen molar-refractivity contribution in [3.8, 4) is 39.8 Å². The molecule has 0 aliphatic carbocycles. The Bertz CT molecular complexity index is 1110. The maximum absolute atomic E-state index is 5.49. The average molecular weight is 347 g/mol. The summed E-state index contributed by atoms with van der Waals surface area (Å²) < 4.78 is 20.2. The third-order valence-electron chi connectivity index (χ3n) is 4.69. The van der Waals surface area contributed by atoms with Crippen molar-refractivity contribution in [3.63, 3.8) is 0 Å². The Balaban J connectivity index is 1.55. The number of methoxy groups -OCH3 is 1. The molecule has 2 aromatic carbocycles. The minimum Gasteiger partial charge on any atom is -0.497 e. The molecule has 130 valence electrons. The lowest BCUT2D eigenvalue weighted by Crippen LogP contribution is -1.93. The van der Waals surface area contributed by atoms with Gasteiger partial charge in [0.25, 0.3) is 0 Å². The van der Waals surface area contributed by atoms with Crippen molar-refractivity contribution in [2.75, 3.05) is 13.9 Å². The molecule has 0 radical (unpaired) electrons. The molecular weight excluding hydrogens is 330 g/mol. The summed E-state index contributed by atoms with van der Waals surface area (Å²) in [5, 5.41) is 0. The summed E-state index contributed by atoms with van der Waals surface area (Å²) in [6.45, 7) is 0.278. The fourth-order valence-electron chi connectivity index (χ4n) is 3.28. The van der Waals surface area contributed by atoms with Gasteiger partial charge in [0.05, 0.1) is 18.5 Å². The van der Waals surface area contributed by atoms with Gasteiger partial charge in [0, 0.05) is 30.6 Å². The molecule has 3 heterocycles. The van der Waals surface area contributed by atoms with Gasteiger partial charge in [-0.2, -0.15) is 0 Å². The summed E-state index contributed by atoms with van der Waals surface area (Å²) >= 11 is 0. The first-order chi connectivity index (χ1) is 12.7. The maximum atomic E-state index is 5.49. The second-order valence-corrected chi connectivity index (χ2v) is 6.20. The van der Waals surface area contributed by atoms with Gasteiger partial charge in [0.15, 0.2) is 11.5 Å². The second kappa shape index (κ2) is 5.56. The molecule has 0 saturated heterocycles. The Morgan fingerprint density at radius 3 is 2.50 bits per heavy atom. The quantitative estimate of drug-likeness (QED) is 0.566. The summed E-state index contributed by atoms with van der Waals surface area (Å²) in [5.41, 5.74) is 4.11. The van der Waals surface area contributed by atoms with Gasteiger partial charge in [-0.05, 0) is 42.5 Å². The molecule has 6 heteroatoms. The van der Waals surface area contributed by atoms with E-state index in [-0.39, 0.29) is 6.79 Å². The van der Waals surface area contributed by atoms with Crippen LogP contribution in [-0.4, -0.2) is 27.9 Å². The van der Waals surface area contributed by atoms with Crippen LogP contribution < -0.4 is 14.2 Å². The van der Waals surface area contributed by atoms with Crippen LogP contribution in [0.25, 0.3) is 28.3 Å². The highest BCUT2D eigenvalue weighted by Gasteiger charge is 2.17. The number of hydrogen-bond acceptors (Lipinski definition) is 4. The number of aromatic nitrogens is 3. The van der Waals surface area contributed by atoms with Gasteiger partial charge >= 0.3 is 0 Å². The van der Waals surface area contributed by atoms with E-state index < -0.39 is 0 Å². The van der Waals surface area contributed by atoms with E-state index >= 15 is 0 Å². The number of fused-ring (bicyclic) bond motifs is 2. The minimum absolute atomic E-state index is 0.278. The van der Waals surface area contributed by atoms with E-state index in [0.29, 0.717) is 0 Å². The lowest BCUT2D eigenvalue weighted by atomic mass is 10.1. The Kier molecular flexibility index (Phi) is 3.18. The fourth-order valence-corrected chi connectivity index (χ4v) is 3.28. The summed E-state index contributed by atoms with van der Waals surface area (Å²) in [6.07, 6.45) is 4.11. The van der Waals surface area contributed by atoms with Crippen molar-refractivity contribution in [2.24, 2.45) is 7.05 Å². The molecule has 2 aromatic heterocycles. The molecule has 1 aliphatic rings. The summed E-state index contributed by atoms with van der Waals surface area (Å²) in [7, 11) is 3.68. The predicted molar refractivity (Wildman–Crippen MR) is 97.7 cm³/mol. The molecule has 0 bridgehead atoms. The van der Waals surface area contributed by atoms with Crippen LogP contribution in [0.1, 0.15) is 0 Å². The van der Waals surface area contributed by atoms with Crippen LogP contribution >= 0.6 is 0 Å². The van der Waals surface area contributed by atoms with Crippen molar-refractivity contribution in [1.29, 1.82) is 0 Å². The Hall–Kier alpha value is -3.41. The van der Waals surface area contributed by atoms with Gasteiger partial charge in [-0.1, -0.05) is 0 Å². The Morgan fingerprint density at radius 2 is 1.73 bits per heavy atom. The van der Waals surface area contributed by atoms with Crippen molar-refractivity contribution in [3.05, 3.63) is 54.9 Å². The van der Waals surface area contributed by atoms with Crippen molar-refractivity contribution >= 4 is 5.78 Å². The topological polar surface area (TPSA) is 49.9 Å². The predicted octanol–water partition coefficient (Wildman–Crippen LogP) is 3.74. The van der Waals surface area contributed by atoms with Crippen LogP contribution in [0.5, 0.6) is 17.2 Å². The Morgan fingerprint density at radius 1 is 0.962 bits per heavy atom. The van der Waals surface area contributed by atoms with E-state index in [1.165, 1.54) is 0 Å². The van der Waals surface area contributed by atoms with E-state index in [0.717, 1.165) is 45.5 Å². The normalized spacial score (nSPS) is 12.7. The highest BCUT2D eigenvalue weighted by molar-refractivity contribution is 5.69. The smallest absolute Gasteiger partial charge is 0.231 e. The van der Waals surface area contributed by atoms with Crippen molar-refractivity contribution in [2.45, 2.75) is 0 Å². The molecular formula is C20H17N3O3. The lowest BCUT2D eigenvalue weighted by Gasteiger charge is -2.04. The van der Waals surface area contributed by atoms with Gasteiger partial charge in [-0.3, -0.25) is 4.40 Å². The first-order valence-corrected chi connectivity index (χ1v) is 8.32. The molecule has 0 N–H and O–H groups in total. The van der Waals surface area contributed by atoms with Gasteiger partial charge in [0.1, 0.15) is 5.75 Å². The molecule has 26 heavy (non-hydrogen) atoms. The fraction of sp³-hybridized carbons (Fsp3) is 0.150. The monoisotopic (exact) mass is 347 g/mol. The van der Waals surface area contributed by atoms with Gasteiger partial charge < -0.3 is 18.8 Å². The minimum atomic E-state index is 0.278. The number of aryl methyl sites for hydroxylation is 1. The molecule has 6 nitrogen and oxygen atoms in total. The van der Waals surface area contributed by atoms with Crippen LogP contribution in [-0.2, 0) is 7.05 Å². The zero-order valence-electron chi connectivity index (χ0n) is 14.5. The van der Waals surface area contributed by atoms with Crippen molar-refractivity contribution in [1.82, 2.24) is 14.0 Å². The number of hydrogen-bond donors (Lipinski definition) is 0. The standard InChI is InChI=1S/C20H17N3O3/c1-22-17(14-5-8-18-19(9-14)26-12-25-18)11-23-10-16(21-20(22)23)13-3-6-15(24-2)7-4-13/h3-11H,12H2,1-2H3. The average Bonchev–Trinajstić information content (AvgIpc) is 3.37. The van der Waals surface area contributed by atoms with E-state index in [9.17, 15) is 0 Å². The Labute approximate surface area is 150 Å². The highest BCUT2D eigenvalue weighted by atomic mass is 16.7. The van der Waals surface area contributed by atoms with E-state index in [1.807, 2.05) is 60.1 Å². The molecule has 0 unspecified atom stereocenters. The van der Waals surface area contributed by atoms with Crippen LogP contribution in [0.15, 0.2) is 54.9 Å². The van der Waals surface area contributed by atoms with Crippen LogP contribution in [0.2, 0.25) is 0 Å². The molecule has 0 saturated carbocycles. The summed E-state index contributed by atoms with van der Waals surface area (Å²) in [5.74, 6) is 3.28. The van der Waals surface area contributed by atoms with E-state index in [4.69, 9.17) is 19.2 Å². The third kappa shape index (κ3) is 2.23. The number of ether oxygens (including phenoxy) is 3.